The summed E-state index contributed by atoms with van der Waals surface area (Å²) in [5.41, 5.74) is 1.07. The highest BCUT2D eigenvalue weighted by atomic mass is 32.1. The van der Waals surface area contributed by atoms with Crippen molar-refractivity contribution in [2.75, 3.05) is 19.7 Å². The van der Waals surface area contributed by atoms with Gasteiger partial charge in [-0.15, -0.1) is 11.3 Å². The number of thiazole rings is 1. The molecule has 1 fully saturated rings. The summed E-state index contributed by atoms with van der Waals surface area (Å²) in [6, 6.07) is 3.94. The van der Waals surface area contributed by atoms with Gasteiger partial charge in [0.1, 0.15) is 18.4 Å². The van der Waals surface area contributed by atoms with Crippen LogP contribution in [0.15, 0.2) is 34.6 Å². The average molecular weight is 345 g/mol. The van der Waals surface area contributed by atoms with Crippen LogP contribution in [0.25, 0.3) is 10.8 Å². The highest BCUT2D eigenvalue weighted by molar-refractivity contribution is 7.13. The van der Waals surface area contributed by atoms with Crippen LogP contribution in [0.3, 0.4) is 0 Å². The van der Waals surface area contributed by atoms with Gasteiger partial charge in [0.2, 0.25) is 0 Å². The number of ether oxygens (including phenoxy) is 1. The molecule has 1 saturated heterocycles. The van der Waals surface area contributed by atoms with E-state index in [4.69, 9.17) is 14.1 Å². The van der Waals surface area contributed by atoms with E-state index in [-0.39, 0.29) is 6.10 Å². The number of nitrogens with zero attached hydrogens (tertiary/aromatic N) is 5. The first-order chi connectivity index (χ1) is 11.8. The van der Waals surface area contributed by atoms with Crippen LogP contribution >= 0.6 is 11.3 Å². The van der Waals surface area contributed by atoms with E-state index < -0.39 is 0 Å². The van der Waals surface area contributed by atoms with E-state index in [0.717, 1.165) is 55.0 Å². The van der Waals surface area contributed by atoms with E-state index in [1.54, 1.807) is 24.0 Å². The summed E-state index contributed by atoms with van der Waals surface area (Å²) in [6.07, 6.45) is 3.40. The number of aryl methyl sites for hydroxylation is 1. The largest absolute Gasteiger partial charge is 0.459 e. The minimum atomic E-state index is 0.131. The Labute approximate surface area is 143 Å². The molecule has 3 aromatic rings. The maximum Gasteiger partial charge on any atom is 0.162 e. The van der Waals surface area contributed by atoms with Crippen LogP contribution in [0.2, 0.25) is 0 Å². The summed E-state index contributed by atoms with van der Waals surface area (Å²) in [5.74, 6) is 1.75. The van der Waals surface area contributed by atoms with E-state index in [0.29, 0.717) is 0 Å². The third kappa shape index (κ3) is 3.55. The van der Waals surface area contributed by atoms with E-state index in [1.165, 1.54) is 0 Å². The number of hydrogen-bond donors (Lipinski definition) is 0. The van der Waals surface area contributed by atoms with Crippen molar-refractivity contribution in [2.45, 2.75) is 26.1 Å². The summed E-state index contributed by atoms with van der Waals surface area (Å²) in [4.78, 5) is 11.0. The molecule has 24 heavy (non-hydrogen) atoms. The van der Waals surface area contributed by atoms with Crippen molar-refractivity contribution in [3.63, 3.8) is 0 Å². The summed E-state index contributed by atoms with van der Waals surface area (Å²) < 4.78 is 13.3. The van der Waals surface area contributed by atoms with Crippen molar-refractivity contribution < 1.29 is 9.15 Å². The van der Waals surface area contributed by atoms with Crippen molar-refractivity contribution in [1.82, 2.24) is 24.6 Å². The molecule has 0 N–H and O–H groups in total. The van der Waals surface area contributed by atoms with E-state index >= 15 is 0 Å². The van der Waals surface area contributed by atoms with Gasteiger partial charge in [-0.2, -0.15) is 5.10 Å². The lowest BCUT2D eigenvalue weighted by Crippen LogP contribution is -2.43. The first-order valence-electron chi connectivity index (χ1n) is 7.94. The van der Waals surface area contributed by atoms with Gasteiger partial charge in [-0.25, -0.2) is 9.97 Å². The minimum absolute atomic E-state index is 0.131. The summed E-state index contributed by atoms with van der Waals surface area (Å²) in [6.45, 7) is 6.01. The summed E-state index contributed by atoms with van der Waals surface area (Å²) in [7, 11) is 0. The van der Waals surface area contributed by atoms with Gasteiger partial charge in [0.15, 0.2) is 10.8 Å². The molecule has 0 amide bonds. The molecule has 0 aromatic carbocycles. The normalized spacial score (nSPS) is 19.0. The van der Waals surface area contributed by atoms with E-state index in [1.807, 2.05) is 23.7 Å². The van der Waals surface area contributed by atoms with Crippen LogP contribution in [0.1, 0.15) is 11.5 Å². The fraction of sp³-hybridized carbons (Fsp3) is 0.438. The Morgan fingerprint density at radius 3 is 3.12 bits per heavy atom. The van der Waals surface area contributed by atoms with Gasteiger partial charge in [0, 0.05) is 25.0 Å². The molecule has 0 radical (unpaired) electrons. The van der Waals surface area contributed by atoms with Gasteiger partial charge in [-0.3, -0.25) is 9.58 Å². The number of morpholine rings is 1. The van der Waals surface area contributed by atoms with Crippen molar-refractivity contribution >= 4 is 11.3 Å². The SMILES string of the molecule is Cc1ccc(-c2nc(CN3CCO[C@H](Cn4cncn4)C3)cs2)o1. The smallest absolute Gasteiger partial charge is 0.162 e. The minimum Gasteiger partial charge on any atom is -0.459 e. The first kappa shape index (κ1) is 15.5. The fourth-order valence-corrected chi connectivity index (χ4v) is 3.61. The Morgan fingerprint density at radius 2 is 2.33 bits per heavy atom. The standard InChI is InChI=1S/C16H19N5O2S/c1-12-2-3-15(23-12)16-19-13(9-24-16)6-20-4-5-22-14(7-20)8-21-11-17-10-18-21/h2-3,9-11,14H,4-8H2,1H3/t14-/m0/s1. The van der Waals surface area contributed by atoms with Gasteiger partial charge < -0.3 is 9.15 Å². The zero-order valence-corrected chi connectivity index (χ0v) is 14.3. The van der Waals surface area contributed by atoms with Crippen molar-refractivity contribution in [2.24, 2.45) is 0 Å². The molecule has 8 heteroatoms. The summed E-state index contributed by atoms with van der Waals surface area (Å²) >= 11 is 1.62. The fourth-order valence-electron chi connectivity index (χ4n) is 2.84. The second-order valence-corrected chi connectivity index (χ2v) is 6.76. The van der Waals surface area contributed by atoms with Crippen molar-refractivity contribution in [1.29, 1.82) is 0 Å². The molecule has 7 nitrogen and oxygen atoms in total. The van der Waals surface area contributed by atoms with Gasteiger partial charge in [0.05, 0.1) is 24.9 Å². The van der Waals surface area contributed by atoms with Crippen LogP contribution in [-0.2, 0) is 17.8 Å². The maximum absolute atomic E-state index is 5.83. The van der Waals surface area contributed by atoms with Gasteiger partial charge in [-0.1, -0.05) is 0 Å². The van der Waals surface area contributed by atoms with Crippen LogP contribution in [-0.4, -0.2) is 50.4 Å². The molecule has 0 unspecified atom stereocenters. The molecule has 1 aliphatic rings. The molecule has 1 atom stereocenters. The molecule has 4 rings (SSSR count). The third-order valence-corrected chi connectivity index (χ3v) is 4.87. The Balaban J connectivity index is 1.37. The molecule has 0 spiro atoms. The molecule has 0 bridgehead atoms. The molecule has 4 heterocycles. The lowest BCUT2D eigenvalue weighted by atomic mass is 10.2. The number of furan rings is 1. The van der Waals surface area contributed by atoms with Gasteiger partial charge >= 0.3 is 0 Å². The highest BCUT2D eigenvalue weighted by Crippen LogP contribution is 2.26. The van der Waals surface area contributed by atoms with Gasteiger partial charge in [-0.05, 0) is 19.1 Å². The lowest BCUT2D eigenvalue weighted by Gasteiger charge is -2.32. The predicted octanol–water partition coefficient (Wildman–Crippen LogP) is 2.20. The zero-order chi connectivity index (χ0) is 16.4. The second-order valence-electron chi connectivity index (χ2n) is 5.90. The Hall–Kier alpha value is -2.03. The Bertz CT molecular complexity index is 782. The molecular weight excluding hydrogens is 326 g/mol. The molecule has 0 aliphatic carbocycles. The Kier molecular flexibility index (Phi) is 4.42. The quantitative estimate of drug-likeness (QED) is 0.706. The average Bonchev–Trinajstić information content (AvgIpc) is 3.30. The van der Waals surface area contributed by atoms with Crippen molar-refractivity contribution in [3.05, 3.63) is 41.6 Å². The number of aromatic nitrogens is 4. The molecular formula is C16H19N5O2S. The molecule has 1 aliphatic heterocycles. The van der Waals surface area contributed by atoms with Crippen molar-refractivity contribution in [3.8, 4) is 10.8 Å². The third-order valence-electron chi connectivity index (χ3n) is 3.97. The molecule has 0 saturated carbocycles. The zero-order valence-electron chi connectivity index (χ0n) is 13.5. The van der Waals surface area contributed by atoms with Crippen LogP contribution < -0.4 is 0 Å². The van der Waals surface area contributed by atoms with E-state index in [9.17, 15) is 0 Å². The number of hydrogen-bond acceptors (Lipinski definition) is 7. The van der Waals surface area contributed by atoms with Crippen LogP contribution in [0.4, 0.5) is 0 Å². The Morgan fingerprint density at radius 1 is 1.38 bits per heavy atom. The van der Waals surface area contributed by atoms with Crippen LogP contribution in [0, 0.1) is 6.92 Å². The van der Waals surface area contributed by atoms with Crippen LogP contribution in [0.5, 0.6) is 0 Å². The first-order valence-corrected chi connectivity index (χ1v) is 8.82. The van der Waals surface area contributed by atoms with E-state index in [2.05, 4.69) is 20.4 Å². The monoisotopic (exact) mass is 345 g/mol. The van der Waals surface area contributed by atoms with Gasteiger partial charge in [0.25, 0.3) is 0 Å². The summed E-state index contributed by atoms with van der Waals surface area (Å²) in [5, 5.41) is 7.19. The predicted molar refractivity (Wildman–Crippen MR) is 89.6 cm³/mol. The number of rotatable bonds is 5. The lowest BCUT2D eigenvalue weighted by molar-refractivity contribution is -0.0405. The molecule has 126 valence electrons. The molecule has 3 aromatic heterocycles. The maximum atomic E-state index is 5.83. The highest BCUT2D eigenvalue weighted by Gasteiger charge is 2.22. The second kappa shape index (κ2) is 6.84. The topological polar surface area (TPSA) is 69.2 Å².